The van der Waals surface area contributed by atoms with E-state index in [1.165, 1.54) is 17.0 Å². The average molecular weight is 362 g/mol. The van der Waals surface area contributed by atoms with E-state index >= 15 is 0 Å². The molecule has 8 heteroatoms. The van der Waals surface area contributed by atoms with Gasteiger partial charge in [0.25, 0.3) is 0 Å². The van der Waals surface area contributed by atoms with Gasteiger partial charge >= 0.3 is 12.3 Å². The van der Waals surface area contributed by atoms with Crippen LogP contribution in [0.25, 0.3) is 0 Å². The van der Waals surface area contributed by atoms with E-state index in [1.54, 1.807) is 27.7 Å². The fourth-order valence-electron chi connectivity index (χ4n) is 2.04. The Bertz CT molecular complexity index is 583. The second kappa shape index (κ2) is 8.31. The Morgan fingerprint density at radius 2 is 1.88 bits per heavy atom. The molecule has 0 atom stereocenters. The van der Waals surface area contributed by atoms with Gasteiger partial charge in [0.1, 0.15) is 11.4 Å². The van der Waals surface area contributed by atoms with Crippen molar-refractivity contribution in [2.75, 3.05) is 25.4 Å². The Hall–Kier alpha value is -2.12. The molecule has 0 saturated carbocycles. The highest BCUT2D eigenvalue weighted by Gasteiger charge is 2.34. The minimum Gasteiger partial charge on any atom is -0.493 e. The first-order valence-corrected chi connectivity index (χ1v) is 8.01. The Kier molecular flexibility index (Phi) is 6.96. The summed E-state index contributed by atoms with van der Waals surface area (Å²) in [5, 5.41) is 0. The van der Waals surface area contributed by atoms with Crippen molar-refractivity contribution in [2.45, 2.75) is 45.9 Å². The molecule has 0 radical (unpaired) electrons. The van der Waals surface area contributed by atoms with Gasteiger partial charge in [-0.2, -0.15) is 13.2 Å². The number of amides is 1. The Balaban J connectivity index is 2.59. The van der Waals surface area contributed by atoms with Gasteiger partial charge in [0.05, 0.1) is 12.2 Å². The van der Waals surface area contributed by atoms with E-state index in [1.807, 2.05) is 0 Å². The topological polar surface area (TPSA) is 64.8 Å². The molecule has 0 fully saturated rings. The van der Waals surface area contributed by atoms with Gasteiger partial charge in [-0.15, -0.1) is 0 Å². The number of ether oxygens (including phenoxy) is 2. The zero-order valence-electron chi connectivity index (χ0n) is 14.9. The molecule has 5 nitrogen and oxygen atoms in total. The monoisotopic (exact) mass is 362 g/mol. The van der Waals surface area contributed by atoms with E-state index in [2.05, 4.69) is 0 Å². The van der Waals surface area contributed by atoms with Crippen LogP contribution in [-0.4, -0.2) is 36.3 Å². The van der Waals surface area contributed by atoms with Crippen molar-refractivity contribution in [2.24, 2.45) is 0 Å². The summed E-state index contributed by atoms with van der Waals surface area (Å²) in [4.78, 5) is 13.5. The van der Waals surface area contributed by atoms with Crippen LogP contribution in [0, 0.1) is 0 Å². The molecular weight excluding hydrogens is 337 g/mol. The van der Waals surface area contributed by atoms with Crippen molar-refractivity contribution in [3.63, 3.8) is 0 Å². The van der Waals surface area contributed by atoms with Crippen LogP contribution in [-0.2, 0) is 10.9 Å². The van der Waals surface area contributed by atoms with E-state index in [4.69, 9.17) is 15.2 Å². The Morgan fingerprint density at radius 3 is 2.40 bits per heavy atom. The highest BCUT2D eigenvalue weighted by atomic mass is 19.4. The number of hydrogen-bond donors (Lipinski definition) is 1. The van der Waals surface area contributed by atoms with Gasteiger partial charge in [-0.3, -0.25) is 0 Å². The number of carbonyl (C=O) groups is 1. The van der Waals surface area contributed by atoms with E-state index in [-0.39, 0.29) is 18.0 Å². The molecule has 0 saturated heterocycles. The normalized spacial score (nSPS) is 12.0. The zero-order valence-corrected chi connectivity index (χ0v) is 14.9. The first kappa shape index (κ1) is 20.9. The maximum Gasteiger partial charge on any atom is 0.420 e. The number of nitrogen functional groups attached to an aromatic ring is 1. The van der Waals surface area contributed by atoms with Crippen LogP contribution in [0.2, 0.25) is 0 Å². The number of carbonyl (C=O) groups excluding carboxylic acids is 1. The summed E-state index contributed by atoms with van der Waals surface area (Å²) >= 11 is 0. The molecule has 0 unspecified atom stereocenters. The first-order chi connectivity index (χ1) is 11.4. The van der Waals surface area contributed by atoms with Crippen LogP contribution in [0.3, 0.4) is 0 Å². The average Bonchev–Trinajstić information content (AvgIpc) is 2.45. The minimum absolute atomic E-state index is 0.0155. The smallest absolute Gasteiger partial charge is 0.420 e. The quantitative estimate of drug-likeness (QED) is 0.605. The number of nitrogens with zero attached hydrogens (tertiary/aromatic N) is 1. The van der Waals surface area contributed by atoms with Gasteiger partial charge in [0, 0.05) is 18.8 Å². The number of halogens is 3. The van der Waals surface area contributed by atoms with Crippen LogP contribution in [0.1, 0.15) is 39.7 Å². The molecule has 0 aliphatic rings. The molecule has 0 aliphatic heterocycles. The second-order valence-electron chi connectivity index (χ2n) is 6.52. The predicted molar refractivity (Wildman–Crippen MR) is 89.4 cm³/mol. The van der Waals surface area contributed by atoms with Gasteiger partial charge in [0.15, 0.2) is 0 Å². The number of nitrogens with two attached hydrogens (primary N) is 1. The maximum atomic E-state index is 13.0. The van der Waals surface area contributed by atoms with Crippen LogP contribution in [0.5, 0.6) is 5.75 Å². The van der Waals surface area contributed by atoms with Crippen molar-refractivity contribution in [1.82, 2.24) is 4.90 Å². The van der Waals surface area contributed by atoms with E-state index in [0.717, 1.165) is 6.07 Å². The van der Waals surface area contributed by atoms with Crippen LogP contribution >= 0.6 is 0 Å². The molecule has 1 amide bonds. The summed E-state index contributed by atoms with van der Waals surface area (Å²) in [6.45, 7) is 7.88. The third kappa shape index (κ3) is 7.11. The summed E-state index contributed by atoms with van der Waals surface area (Å²) in [7, 11) is 0. The van der Waals surface area contributed by atoms with Crippen LogP contribution < -0.4 is 10.5 Å². The molecule has 142 valence electrons. The summed E-state index contributed by atoms with van der Waals surface area (Å²) in [6, 6.07) is 3.39. The number of anilines is 1. The van der Waals surface area contributed by atoms with Gasteiger partial charge in [-0.25, -0.2) is 4.79 Å². The lowest BCUT2D eigenvalue weighted by Crippen LogP contribution is -2.37. The largest absolute Gasteiger partial charge is 0.493 e. The van der Waals surface area contributed by atoms with Crippen LogP contribution in [0.15, 0.2) is 18.2 Å². The fraction of sp³-hybridized carbons (Fsp3) is 0.588. The SMILES string of the molecule is CCN(CCCOc1ccc(N)cc1C(F)(F)F)C(=O)OC(C)(C)C. The summed E-state index contributed by atoms with van der Waals surface area (Å²) in [5.74, 6) is -0.276. The summed E-state index contributed by atoms with van der Waals surface area (Å²) in [6.07, 6.45) is -4.63. The predicted octanol–water partition coefficient (Wildman–Crippen LogP) is 4.31. The van der Waals surface area contributed by atoms with Gasteiger partial charge in [-0.1, -0.05) is 0 Å². The Morgan fingerprint density at radius 1 is 1.24 bits per heavy atom. The number of hydrogen-bond acceptors (Lipinski definition) is 4. The first-order valence-electron chi connectivity index (χ1n) is 8.01. The third-order valence-corrected chi connectivity index (χ3v) is 3.17. The van der Waals surface area contributed by atoms with Crippen molar-refractivity contribution in [3.8, 4) is 5.75 Å². The molecular formula is C17H25F3N2O3. The Labute approximate surface area is 145 Å². The van der Waals surface area contributed by atoms with Gasteiger partial charge < -0.3 is 20.1 Å². The van der Waals surface area contributed by atoms with Crippen molar-refractivity contribution >= 4 is 11.8 Å². The highest BCUT2D eigenvalue weighted by molar-refractivity contribution is 5.68. The van der Waals surface area contributed by atoms with Crippen molar-refractivity contribution < 1.29 is 27.4 Å². The second-order valence-corrected chi connectivity index (χ2v) is 6.52. The van der Waals surface area contributed by atoms with Gasteiger partial charge in [-0.05, 0) is 52.3 Å². The molecule has 1 aromatic carbocycles. The number of benzene rings is 1. The lowest BCUT2D eigenvalue weighted by molar-refractivity contribution is -0.138. The molecule has 0 spiro atoms. The molecule has 2 N–H and O–H groups in total. The lowest BCUT2D eigenvalue weighted by atomic mass is 10.1. The zero-order chi connectivity index (χ0) is 19.3. The van der Waals surface area contributed by atoms with E-state index in [0.29, 0.717) is 19.5 Å². The fourth-order valence-corrected chi connectivity index (χ4v) is 2.04. The number of rotatable bonds is 6. The van der Waals surface area contributed by atoms with E-state index < -0.39 is 23.4 Å². The molecule has 0 bridgehead atoms. The molecule has 0 aliphatic carbocycles. The minimum atomic E-state index is -4.54. The molecule has 0 heterocycles. The maximum absolute atomic E-state index is 13.0. The molecule has 0 aromatic heterocycles. The standard InChI is InChI=1S/C17H25F3N2O3/c1-5-22(15(23)25-16(2,3)4)9-6-10-24-14-8-7-12(21)11-13(14)17(18,19)20/h7-8,11H,5-6,9-10,21H2,1-4H3. The summed E-state index contributed by atoms with van der Waals surface area (Å²) in [5.41, 5.74) is 3.91. The van der Waals surface area contributed by atoms with Crippen molar-refractivity contribution in [3.05, 3.63) is 23.8 Å². The summed E-state index contributed by atoms with van der Waals surface area (Å²) < 4.78 is 49.4. The molecule has 25 heavy (non-hydrogen) atoms. The highest BCUT2D eigenvalue weighted by Crippen LogP contribution is 2.37. The van der Waals surface area contributed by atoms with Crippen molar-refractivity contribution in [1.29, 1.82) is 0 Å². The number of alkyl halides is 3. The molecule has 1 rings (SSSR count). The molecule has 1 aromatic rings. The van der Waals surface area contributed by atoms with Crippen LogP contribution in [0.4, 0.5) is 23.7 Å². The van der Waals surface area contributed by atoms with Gasteiger partial charge in [0.2, 0.25) is 0 Å². The van der Waals surface area contributed by atoms with E-state index in [9.17, 15) is 18.0 Å². The lowest BCUT2D eigenvalue weighted by Gasteiger charge is -2.26. The third-order valence-electron chi connectivity index (χ3n) is 3.17.